The summed E-state index contributed by atoms with van der Waals surface area (Å²) in [4.78, 5) is 12.2. The number of rotatable bonds is 4. The molecule has 3 heterocycles. The van der Waals surface area contributed by atoms with E-state index in [2.05, 4.69) is 20.8 Å². The van der Waals surface area contributed by atoms with E-state index >= 15 is 0 Å². The molecule has 12 heteroatoms. The number of fused-ring (bicyclic) bond motifs is 7. The summed E-state index contributed by atoms with van der Waals surface area (Å²) in [6.45, 7) is 10.3. The number of carbonyl (C=O) groups excluding carboxylic acids is 1. The van der Waals surface area contributed by atoms with Gasteiger partial charge in [-0.1, -0.05) is 27.7 Å². The molecule has 19 atom stereocenters. The molecule has 0 aromatic heterocycles. The second-order valence-electron chi connectivity index (χ2n) is 16.9. The van der Waals surface area contributed by atoms with Gasteiger partial charge in [-0.05, 0) is 73.5 Å². The monoisotopic (exact) mass is 668 g/mol. The Morgan fingerprint density at radius 3 is 2.34 bits per heavy atom. The van der Waals surface area contributed by atoms with Crippen LogP contribution in [-0.4, -0.2) is 116 Å². The predicted octanol–water partition coefficient (Wildman–Crippen LogP) is 1.25. The zero-order chi connectivity index (χ0) is 33.8. The van der Waals surface area contributed by atoms with E-state index in [0.717, 1.165) is 38.7 Å². The van der Waals surface area contributed by atoms with Crippen molar-refractivity contribution in [2.75, 3.05) is 13.2 Å². The molecule has 3 saturated heterocycles. The van der Waals surface area contributed by atoms with Gasteiger partial charge in [0, 0.05) is 31.1 Å². The first kappa shape index (κ1) is 34.5. The van der Waals surface area contributed by atoms with E-state index in [1.165, 1.54) is 6.92 Å². The van der Waals surface area contributed by atoms with Gasteiger partial charge in [-0.3, -0.25) is 4.79 Å². The quantitative estimate of drug-likeness (QED) is 0.186. The third kappa shape index (κ3) is 5.02. The maximum atomic E-state index is 12.4. The normalized spacial score (nSPS) is 58.7. The topological polar surface area (TPSA) is 185 Å². The molecule has 3 aliphatic heterocycles. The Labute approximate surface area is 277 Å². The maximum Gasteiger partial charge on any atom is 0.302 e. The SMILES string of the molecule is CC(=O)OC1CC2(O)C(O)CC3C4CC5OC6(CCC(C)CO6)C(C)C5C4(C)CCC3C2(C)CC1OC1OC(CO)C(O)C(O)C1O. The second kappa shape index (κ2) is 11.8. The number of carbonyl (C=O) groups is 1. The van der Waals surface area contributed by atoms with Crippen LogP contribution in [0.25, 0.3) is 0 Å². The van der Waals surface area contributed by atoms with E-state index in [0.29, 0.717) is 18.3 Å². The largest absolute Gasteiger partial charge is 0.460 e. The van der Waals surface area contributed by atoms with Crippen LogP contribution in [-0.2, 0) is 28.5 Å². The lowest BCUT2D eigenvalue weighted by molar-refractivity contribution is -0.339. The van der Waals surface area contributed by atoms with Crippen LogP contribution >= 0.6 is 0 Å². The Kier molecular flexibility index (Phi) is 8.68. The van der Waals surface area contributed by atoms with Crippen molar-refractivity contribution in [1.82, 2.24) is 0 Å². The molecule has 1 spiro atoms. The van der Waals surface area contributed by atoms with Gasteiger partial charge < -0.3 is 54.3 Å². The summed E-state index contributed by atoms with van der Waals surface area (Å²) in [6, 6.07) is 0. The molecule has 268 valence electrons. The van der Waals surface area contributed by atoms with Crippen LogP contribution in [0.2, 0.25) is 0 Å². The van der Waals surface area contributed by atoms with Crippen molar-refractivity contribution in [3.63, 3.8) is 0 Å². The summed E-state index contributed by atoms with van der Waals surface area (Å²) >= 11 is 0. The van der Waals surface area contributed by atoms with Gasteiger partial charge in [-0.2, -0.15) is 0 Å². The summed E-state index contributed by atoms with van der Waals surface area (Å²) in [7, 11) is 0. The van der Waals surface area contributed by atoms with Gasteiger partial charge in [0.1, 0.15) is 30.5 Å². The fraction of sp³-hybridized carbons (Fsp3) is 0.971. The molecule has 47 heavy (non-hydrogen) atoms. The molecule has 7 fully saturated rings. The van der Waals surface area contributed by atoms with Crippen LogP contribution in [0.3, 0.4) is 0 Å². The molecule has 0 radical (unpaired) electrons. The average molecular weight is 669 g/mol. The van der Waals surface area contributed by atoms with Gasteiger partial charge in [0.15, 0.2) is 12.1 Å². The van der Waals surface area contributed by atoms with E-state index < -0.39 is 78.4 Å². The van der Waals surface area contributed by atoms with Gasteiger partial charge in [0.2, 0.25) is 0 Å². The third-order valence-corrected chi connectivity index (χ3v) is 14.6. The molecule has 4 aliphatic carbocycles. The Bertz CT molecular complexity index is 1190. The zero-order valence-corrected chi connectivity index (χ0v) is 28.4. The number of aliphatic hydroxyl groups excluding tert-OH is 5. The molecule has 7 aliphatic rings. The molecule has 0 aromatic rings. The smallest absolute Gasteiger partial charge is 0.302 e. The minimum absolute atomic E-state index is 0.00607. The van der Waals surface area contributed by atoms with E-state index in [9.17, 15) is 35.4 Å². The van der Waals surface area contributed by atoms with Gasteiger partial charge in [0.05, 0.1) is 37.1 Å². The zero-order valence-electron chi connectivity index (χ0n) is 28.4. The van der Waals surface area contributed by atoms with Crippen molar-refractivity contribution < 1.29 is 59.1 Å². The Morgan fingerprint density at radius 1 is 0.936 bits per heavy atom. The van der Waals surface area contributed by atoms with Crippen molar-refractivity contribution in [3.8, 4) is 0 Å². The molecule has 6 N–H and O–H groups in total. The minimum atomic E-state index is -1.63. The first-order chi connectivity index (χ1) is 22.1. The predicted molar refractivity (Wildman–Crippen MR) is 164 cm³/mol. The lowest BCUT2D eigenvalue weighted by Gasteiger charge is -2.66. The van der Waals surface area contributed by atoms with Crippen LogP contribution in [0.1, 0.15) is 86.0 Å². The number of hydrogen-bond acceptors (Lipinski definition) is 12. The summed E-state index contributed by atoms with van der Waals surface area (Å²) in [6.07, 6.45) is -4.92. The Hall–Kier alpha value is -0.930. The lowest BCUT2D eigenvalue weighted by atomic mass is 9.42. The second-order valence-corrected chi connectivity index (χ2v) is 16.9. The fourth-order valence-electron chi connectivity index (χ4n) is 12.1. The number of ether oxygens (including phenoxy) is 5. The average Bonchev–Trinajstić information content (AvgIpc) is 3.46. The number of aliphatic hydroxyl groups is 6. The van der Waals surface area contributed by atoms with Crippen LogP contribution in [0.15, 0.2) is 0 Å². The van der Waals surface area contributed by atoms with E-state index in [1.807, 2.05) is 6.92 Å². The molecule has 0 amide bonds. The van der Waals surface area contributed by atoms with Gasteiger partial charge in [-0.25, -0.2) is 0 Å². The summed E-state index contributed by atoms with van der Waals surface area (Å²) in [5, 5.41) is 65.5. The fourth-order valence-corrected chi connectivity index (χ4v) is 12.1. The Morgan fingerprint density at radius 2 is 1.68 bits per heavy atom. The molecule has 19 unspecified atom stereocenters. The van der Waals surface area contributed by atoms with Gasteiger partial charge in [-0.15, -0.1) is 0 Å². The van der Waals surface area contributed by atoms with Crippen molar-refractivity contribution in [2.24, 2.45) is 46.3 Å². The minimum Gasteiger partial charge on any atom is -0.460 e. The van der Waals surface area contributed by atoms with Crippen molar-refractivity contribution in [1.29, 1.82) is 0 Å². The van der Waals surface area contributed by atoms with Gasteiger partial charge >= 0.3 is 5.97 Å². The van der Waals surface area contributed by atoms with E-state index in [1.54, 1.807) is 0 Å². The highest BCUT2D eigenvalue weighted by Crippen LogP contribution is 2.72. The molecule has 7 rings (SSSR count). The summed E-state index contributed by atoms with van der Waals surface area (Å²) in [5.41, 5.74) is -2.42. The third-order valence-electron chi connectivity index (χ3n) is 14.6. The standard InChI is InChI=1S/C35H56O12/c1-16-6-9-35(43-15-16)17(2)27-22(47-35)11-21-19-10-26(38)34(42)13-24(44-18(3)37)23(12-33(34,5)20(19)7-8-32(21,27)4)45-31-30(41)29(40)28(39)25(14-36)46-31/h16-17,19-31,36,38-42H,6-15H2,1-5H3. The van der Waals surface area contributed by atoms with E-state index in [-0.39, 0.29) is 48.0 Å². The first-order valence-electron chi connectivity index (χ1n) is 17.9. The molecule has 4 saturated carbocycles. The highest BCUT2D eigenvalue weighted by atomic mass is 16.7. The van der Waals surface area contributed by atoms with E-state index in [4.69, 9.17) is 23.7 Å². The number of esters is 1. The lowest BCUT2D eigenvalue weighted by Crippen LogP contribution is -2.71. The molecule has 0 bridgehead atoms. The molecular weight excluding hydrogens is 612 g/mol. The molecule has 12 nitrogen and oxygen atoms in total. The summed E-state index contributed by atoms with van der Waals surface area (Å²) in [5.74, 6) is 0.461. The highest BCUT2D eigenvalue weighted by molar-refractivity contribution is 5.66. The highest BCUT2D eigenvalue weighted by Gasteiger charge is 2.73. The van der Waals surface area contributed by atoms with Crippen molar-refractivity contribution in [3.05, 3.63) is 0 Å². The van der Waals surface area contributed by atoms with Crippen LogP contribution in [0, 0.1) is 46.3 Å². The van der Waals surface area contributed by atoms with Crippen molar-refractivity contribution in [2.45, 2.75) is 152 Å². The summed E-state index contributed by atoms with van der Waals surface area (Å²) < 4.78 is 31.0. The maximum absolute atomic E-state index is 12.4. The molecular formula is C35H56O12. The van der Waals surface area contributed by atoms with Crippen LogP contribution in [0.4, 0.5) is 0 Å². The number of hydrogen-bond donors (Lipinski definition) is 6. The first-order valence-corrected chi connectivity index (χ1v) is 17.9. The molecule has 0 aromatic carbocycles. The Balaban J connectivity index is 1.16. The van der Waals surface area contributed by atoms with Crippen LogP contribution in [0.5, 0.6) is 0 Å². The van der Waals surface area contributed by atoms with Crippen LogP contribution < -0.4 is 0 Å². The van der Waals surface area contributed by atoms with Crippen molar-refractivity contribution >= 4 is 5.97 Å². The van der Waals surface area contributed by atoms with Gasteiger partial charge in [0.25, 0.3) is 0 Å².